The van der Waals surface area contributed by atoms with Crippen LogP contribution in [0.2, 0.25) is 0 Å². The third kappa shape index (κ3) is 5.71. The Kier molecular flexibility index (Phi) is 6.74. The molecule has 10 heteroatoms. The van der Waals surface area contributed by atoms with Crippen molar-refractivity contribution in [2.24, 2.45) is 0 Å². The first kappa shape index (κ1) is 17.9. The van der Waals surface area contributed by atoms with Crippen LogP contribution in [0.15, 0.2) is 18.2 Å². The van der Waals surface area contributed by atoms with Crippen molar-refractivity contribution in [2.75, 3.05) is 0 Å². The molecule has 1 aromatic rings. The van der Waals surface area contributed by atoms with E-state index in [9.17, 15) is 0 Å². The van der Waals surface area contributed by atoms with Crippen molar-refractivity contribution >= 4 is 103 Å². The molecule has 0 radical (unpaired) electrons. The van der Waals surface area contributed by atoms with E-state index in [-0.39, 0.29) is 0 Å². The largest absolute Gasteiger partial charge is 0.707 e. The summed E-state index contributed by atoms with van der Waals surface area (Å²) in [6.07, 6.45) is 0. The summed E-state index contributed by atoms with van der Waals surface area (Å²) in [7, 11) is -1.88. The lowest BCUT2D eigenvalue weighted by Gasteiger charge is -2.20. The zero-order valence-corrected chi connectivity index (χ0v) is 17.9. The van der Waals surface area contributed by atoms with E-state index in [0.717, 1.165) is 11.1 Å². The molecule has 0 unspecified atom stereocenters. The van der Waals surface area contributed by atoms with Crippen molar-refractivity contribution in [3.63, 3.8) is 0 Å². The fraction of sp³-hybridized carbons (Fsp3) is 0.250. The predicted molar refractivity (Wildman–Crippen MR) is 94.2 cm³/mol. The third-order valence-electron chi connectivity index (χ3n) is 1.80. The van der Waals surface area contributed by atoms with Crippen LogP contribution in [0.4, 0.5) is 0 Å². The van der Waals surface area contributed by atoms with Crippen molar-refractivity contribution in [1.29, 1.82) is 0 Å². The van der Waals surface area contributed by atoms with E-state index in [1.54, 1.807) is 12.1 Å². The van der Waals surface area contributed by atoms with Crippen molar-refractivity contribution < 1.29 is 14.7 Å². The summed E-state index contributed by atoms with van der Waals surface area (Å²) < 4.78 is 3.59. The highest BCUT2D eigenvalue weighted by atomic mass is 80.0. The Labute approximate surface area is 155 Å². The summed E-state index contributed by atoms with van der Waals surface area (Å²) in [5.74, 6) is 0.308. The van der Waals surface area contributed by atoms with Gasteiger partial charge in [0.25, 0.3) is 0 Å². The van der Waals surface area contributed by atoms with Crippen LogP contribution < -0.4 is 4.65 Å². The average Bonchev–Trinajstić information content (AvgIpc) is 2.13. The molecule has 3 nitrogen and oxygen atoms in total. The molecule has 2 N–H and O–H groups in total. The van der Waals surface area contributed by atoms with Crippen LogP contribution in [-0.4, -0.2) is 17.4 Å². The molecule has 0 saturated carbocycles. The summed E-state index contributed by atoms with van der Waals surface area (Å²) in [5.41, 5.74) is 1.55. The topological polar surface area (TPSA) is 49.7 Å². The maximum Gasteiger partial charge on any atom is 0.707 e. The Morgan fingerprint density at radius 2 is 1.22 bits per heavy atom. The highest BCUT2D eigenvalue weighted by Crippen LogP contribution is 2.50. The quantitative estimate of drug-likeness (QED) is 0.367. The molecule has 0 aliphatic carbocycles. The zero-order chi connectivity index (χ0) is 14.1. The number of halogens is 6. The van der Waals surface area contributed by atoms with Crippen LogP contribution in [0, 0.1) is 0 Å². The van der Waals surface area contributed by atoms with Crippen LogP contribution in [0.25, 0.3) is 0 Å². The van der Waals surface area contributed by atoms with E-state index < -0.39 is 11.6 Å². The van der Waals surface area contributed by atoms with Crippen molar-refractivity contribution in [3.8, 4) is 5.75 Å². The van der Waals surface area contributed by atoms with Gasteiger partial charge in [0.15, 0.2) is 4.29 Å². The minimum atomic E-state index is -1.88. The zero-order valence-electron chi connectivity index (χ0n) is 8.38. The van der Waals surface area contributed by atoms with Crippen LogP contribution >= 0.6 is 95.6 Å². The monoisotopic (exact) mass is 634 g/mol. The van der Waals surface area contributed by atoms with E-state index in [1.165, 1.54) is 0 Å². The minimum absolute atomic E-state index is 0.308. The predicted octanol–water partition coefficient (Wildman–Crippen LogP) is 4.62. The first-order valence-corrected chi connectivity index (χ1v) is 9.08. The number of rotatable bonds is 2. The Bertz CT molecular complexity index is 396. The smallest absolute Gasteiger partial charge is 0.512 e. The maximum absolute atomic E-state index is 8.86. The fourth-order valence-corrected chi connectivity index (χ4v) is 2.49. The van der Waals surface area contributed by atoms with Gasteiger partial charge in [0.2, 0.25) is 0 Å². The molecule has 0 saturated heterocycles. The lowest BCUT2D eigenvalue weighted by atomic mass is 10.1. The lowest BCUT2D eigenvalue weighted by molar-refractivity contribution is 0.288. The summed E-state index contributed by atoms with van der Waals surface area (Å²) in [6, 6.07) is 5.17. The second-order valence-corrected chi connectivity index (χ2v) is 16.7. The molecular formula is C8H5BBr6O3. The summed E-state index contributed by atoms with van der Waals surface area (Å²) in [5, 5.41) is 17.7. The Hall–Kier alpha value is 1.88. The standard InChI is InChI=1S/C8H5BBr6O3/c10-7(11,12)4-1-5(8(13,14)15)3-6(2-4)18-9(16)17/h1-3,16-17H. The van der Waals surface area contributed by atoms with Crippen LogP contribution in [0.3, 0.4) is 0 Å². The van der Waals surface area contributed by atoms with E-state index in [4.69, 9.17) is 14.7 Å². The molecule has 0 fully saturated rings. The lowest BCUT2D eigenvalue weighted by Crippen LogP contribution is -2.21. The molecule has 0 amide bonds. The molecular weight excluding hydrogens is 634 g/mol. The van der Waals surface area contributed by atoms with Gasteiger partial charge in [-0.3, -0.25) is 0 Å². The molecule has 18 heavy (non-hydrogen) atoms. The van der Waals surface area contributed by atoms with Gasteiger partial charge in [-0.25, -0.2) is 0 Å². The van der Waals surface area contributed by atoms with Gasteiger partial charge in [-0.1, -0.05) is 95.6 Å². The van der Waals surface area contributed by atoms with Gasteiger partial charge >= 0.3 is 7.32 Å². The number of hydrogen-bond acceptors (Lipinski definition) is 3. The van der Waals surface area contributed by atoms with E-state index in [2.05, 4.69) is 95.6 Å². The van der Waals surface area contributed by atoms with Gasteiger partial charge in [0.05, 0.1) is 0 Å². The van der Waals surface area contributed by atoms with Crippen LogP contribution in [0.1, 0.15) is 11.1 Å². The van der Waals surface area contributed by atoms with E-state index in [0.29, 0.717) is 5.75 Å². The second kappa shape index (κ2) is 6.76. The number of alkyl halides is 6. The fourth-order valence-electron chi connectivity index (χ4n) is 1.12. The Morgan fingerprint density at radius 3 is 1.50 bits per heavy atom. The van der Waals surface area contributed by atoms with Gasteiger partial charge in [-0.05, 0) is 29.3 Å². The summed E-state index contributed by atoms with van der Waals surface area (Å²) >= 11 is 20.4. The highest BCUT2D eigenvalue weighted by molar-refractivity contribution is 9.39. The SMILES string of the molecule is OB(O)Oc1cc(C(Br)(Br)Br)cc(C(Br)(Br)Br)c1. The summed E-state index contributed by atoms with van der Waals surface area (Å²) in [6.45, 7) is 0. The molecule has 100 valence electrons. The van der Waals surface area contributed by atoms with Crippen molar-refractivity contribution in [2.45, 2.75) is 4.29 Å². The third-order valence-corrected chi connectivity index (χ3v) is 4.55. The molecule has 0 atom stereocenters. The summed E-state index contributed by atoms with van der Waals surface area (Å²) in [4.78, 5) is 0. The number of hydrogen-bond donors (Lipinski definition) is 2. The molecule has 0 spiro atoms. The van der Waals surface area contributed by atoms with Gasteiger partial charge in [0, 0.05) is 0 Å². The van der Waals surface area contributed by atoms with Gasteiger partial charge in [0.1, 0.15) is 5.75 Å². The number of benzene rings is 1. The van der Waals surface area contributed by atoms with E-state index in [1.807, 2.05) is 6.07 Å². The highest BCUT2D eigenvalue weighted by Gasteiger charge is 2.28. The molecule has 1 rings (SSSR count). The van der Waals surface area contributed by atoms with Crippen molar-refractivity contribution in [3.05, 3.63) is 29.3 Å². The maximum atomic E-state index is 8.86. The molecule has 0 heterocycles. The first-order chi connectivity index (χ1) is 8.00. The molecule has 0 aliphatic rings. The second-order valence-electron chi connectivity index (χ2n) is 3.19. The normalized spacial score (nSPS) is 12.4. The Balaban J connectivity index is 3.29. The van der Waals surface area contributed by atoms with E-state index >= 15 is 0 Å². The van der Waals surface area contributed by atoms with Crippen molar-refractivity contribution in [1.82, 2.24) is 0 Å². The molecule has 0 aliphatic heterocycles. The van der Waals surface area contributed by atoms with Gasteiger partial charge in [-0.2, -0.15) is 0 Å². The molecule has 0 bridgehead atoms. The van der Waals surface area contributed by atoms with Crippen LogP contribution in [-0.2, 0) is 4.29 Å². The van der Waals surface area contributed by atoms with Crippen LogP contribution in [0.5, 0.6) is 5.75 Å². The van der Waals surface area contributed by atoms with Gasteiger partial charge < -0.3 is 14.7 Å². The average molecular weight is 639 g/mol. The Morgan fingerprint density at radius 1 is 0.833 bits per heavy atom. The molecule has 0 aromatic heterocycles. The minimum Gasteiger partial charge on any atom is -0.512 e. The first-order valence-electron chi connectivity index (χ1n) is 4.32. The molecule has 1 aromatic carbocycles. The van der Waals surface area contributed by atoms with Gasteiger partial charge in [-0.15, -0.1) is 0 Å².